The molecule has 0 fully saturated rings. The van der Waals surface area contributed by atoms with Crippen molar-refractivity contribution in [2.24, 2.45) is 0 Å². The van der Waals surface area contributed by atoms with Gasteiger partial charge >= 0.3 is 0 Å². The third-order valence-corrected chi connectivity index (χ3v) is 10.5. The van der Waals surface area contributed by atoms with Crippen LogP contribution in [0.25, 0.3) is 0 Å². The second-order valence-corrected chi connectivity index (χ2v) is 14.0. The van der Waals surface area contributed by atoms with E-state index in [-0.39, 0.29) is 22.5 Å². The van der Waals surface area contributed by atoms with Gasteiger partial charge in [0, 0.05) is 21.2 Å². The van der Waals surface area contributed by atoms with Gasteiger partial charge in [0.05, 0.1) is 21.2 Å². The summed E-state index contributed by atoms with van der Waals surface area (Å²) in [7, 11) is -9.33. The number of nitrogens with zero attached hydrogens (tertiary/aromatic N) is 2. The van der Waals surface area contributed by atoms with E-state index in [1.165, 1.54) is 48.5 Å². The first-order valence-corrected chi connectivity index (χ1v) is 16.7. The Hall–Kier alpha value is -4.62. The molecule has 0 radical (unpaired) electrons. The van der Waals surface area contributed by atoms with Crippen LogP contribution in [0.5, 0.6) is 0 Å². The van der Waals surface area contributed by atoms with E-state index >= 15 is 0 Å². The quantitative estimate of drug-likeness (QED) is 0.168. The van der Waals surface area contributed by atoms with Crippen molar-refractivity contribution < 1.29 is 35.2 Å². The Balaban J connectivity index is 1.64. The molecular formula is C32H20Cl2F2N2O6S2. The molecule has 5 rings (SSSR count). The van der Waals surface area contributed by atoms with Gasteiger partial charge in [0.15, 0.2) is 0 Å². The van der Waals surface area contributed by atoms with Crippen LogP contribution in [0.4, 0.5) is 20.2 Å². The van der Waals surface area contributed by atoms with E-state index in [1.54, 1.807) is 0 Å². The molecule has 5 aromatic rings. The first-order valence-electron chi connectivity index (χ1n) is 13.1. The van der Waals surface area contributed by atoms with E-state index in [1.807, 2.05) is 0 Å². The maximum atomic E-state index is 13.8. The lowest BCUT2D eigenvalue weighted by molar-refractivity contribution is 0.0996. The Bertz CT molecular complexity index is 1970. The number of hydrogen-bond donors (Lipinski definition) is 0. The van der Waals surface area contributed by atoms with Gasteiger partial charge in [-0.1, -0.05) is 23.2 Å². The largest absolute Gasteiger partial charge is 0.272 e. The van der Waals surface area contributed by atoms with Crippen molar-refractivity contribution in [3.8, 4) is 0 Å². The average molecular weight is 702 g/mol. The van der Waals surface area contributed by atoms with Gasteiger partial charge in [-0.2, -0.15) is 8.61 Å². The average Bonchev–Trinajstić information content (AvgIpc) is 3.03. The Labute approximate surface area is 273 Å². The molecule has 0 atom stereocenters. The standard InChI is InChI=1S/C32H20Cl2F2N2O6S2/c33-23-5-1-21(2-6-23)31(39)37(45(41,42)29-17-9-25(35)10-18-29)27-13-15-28(16-14-27)38(32(40)22-3-7-24(34)8-4-22)46(43,44)30-19-11-26(36)12-20-30/h1-20H. The van der Waals surface area contributed by atoms with Crippen LogP contribution >= 0.6 is 23.2 Å². The van der Waals surface area contributed by atoms with E-state index in [4.69, 9.17) is 23.2 Å². The van der Waals surface area contributed by atoms with Crippen molar-refractivity contribution in [2.45, 2.75) is 9.79 Å². The van der Waals surface area contributed by atoms with Crippen LogP contribution in [0.2, 0.25) is 10.0 Å². The Morgan fingerprint density at radius 3 is 1.02 bits per heavy atom. The van der Waals surface area contributed by atoms with Gasteiger partial charge in [-0.15, -0.1) is 0 Å². The van der Waals surface area contributed by atoms with Crippen LogP contribution in [0.1, 0.15) is 20.7 Å². The molecular weight excluding hydrogens is 681 g/mol. The molecule has 0 spiro atoms. The first-order chi connectivity index (χ1) is 21.8. The predicted octanol–water partition coefficient (Wildman–Crippen LogP) is 7.34. The van der Waals surface area contributed by atoms with Gasteiger partial charge < -0.3 is 0 Å². The smallest absolute Gasteiger partial charge is 0.268 e. The third-order valence-electron chi connectivity index (χ3n) is 6.57. The number of carbonyl (C=O) groups excluding carboxylic acids is 2. The van der Waals surface area contributed by atoms with E-state index in [2.05, 4.69) is 0 Å². The Morgan fingerprint density at radius 2 is 0.739 bits per heavy atom. The number of rotatable bonds is 8. The molecule has 0 aliphatic heterocycles. The lowest BCUT2D eigenvalue weighted by atomic mass is 10.2. The van der Waals surface area contributed by atoms with Crippen LogP contribution in [0, 0.1) is 11.6 Å². The summed E-state index contributed by atoms with van der Waals surface area (Å²) >= 11 is 11.9. The monoisotopic (exact) mass is 700 g/mol. The number of hydrogen-bond acceptors (Lipinski definition) is 6. The topological polar surface area (TPSA) is 109 Å². The zero-order valence-corrected chi connectivity index (χ0v) is 26.4. The van der Waals surface area contributed by atoms with Crippen molar-refractivity contribution in [1.29, 1.82) is 0 Å². The van der Waals surface area contributed by atoms with Gasteiger partial charge in [-0.25, -0.2) is 25.6 Å². The number of sulfonamides is 2. The summed E-state index contributed by atoms with van der Waals surface area (Å²) in [6, 6.07) is 23.0. The molecule has 0 N–H and O–H groups in total. The van der Waals surface area contributed by atoms with Crippen LogP contribution in [0.3, 0.4) is 0 Å². The summed E-state index contributed by atoms with van der Waals surface area (Å²) in [5.41, 5.74) is -0.576. The van der Waals surface area contributed by atoms with Gasteiger partial charge in [0.2, 0.25) is 0 Å². The molecule has 0 saturated heterocycles. The van der Waals surface area contributed by atoms with Gasteiger partial charge in [0.1, 0.15) is 11.6 Å². The van der Waals surface area contributed by atoms with Crippen LogP contribution in [-0.4, -0.2) is 28.6 Å². The van der Waals surface area contributed by atoms with Gasteiger partial charge in [-0.05, 0) is 121 Å². The minimum absolute atomic E-state index is 0.0578. The van der Waals surface area contributed by atoms with E-state index in [0.29, 0.717) is 18.7 Å². The fraction of sp³-hybridized carbons (Fsp3) is 0. The Morgan fingerprint density at radius 1 is 0.457 bits per heavy atom. The van der Waals surface area contributed by atoms with E-state index in [9.17, 15) is 35.2 Å². The predicted molar refractivity (Wildman–Crippen MR) is 170 cm³/mol. The maximum absolute atomic E-state index is 13.8. The minimum Gasteiger partial charge on any atom is -0.268 e. The summed E-state index contributed by atoms with van der Waals surface area (Å²) in [6.45, 7) is 0. The second-order valence-electron chi connectivity index (χ2n) is 9.59. The first kappa shape index (κ1) is 32.8. The normalized spacial score (nSPS) is 11.6. The highest BCUT2D eigenvalue weighted by Gasteiger charge is 2.35. The van der Waals surface area contributed by atoms with Crippen molar-refractivity contribution >= 4 is 66.4 Å². The molecule has 234 valence electrons. The molecule has 0 heterocycles. The van der Waals surface area contributed by atoms with E-state index in [0.717, 1.165) is 72.8 Å². The molecule has 0 aliphatic carbocycles. The molecule has 0 aromatic heterocycles. The van der Waals surface area contributed by atoms with Crippen molar-refractivity contribution in [1.82, 2.24) is 0 Å². The number of halogens is 4. The highest BCUT2D eigenvalue weighted by Crippen LogP contribution is 2.32. The second kappa shape index (κ2) is 13.0. The number of carbonyl (C=O) groups is 2. The van der Waals surface area contributed by atoms with E-state index < -0.39 is 53.3 Å². The number of anilines is 2. The molecule has 46 heavy (non-hydrogen) atoms. The van der Waals surface area contributed by atoms with Crippen LogP contribution in [0.15, 0.2) is 131 Å². The molecule has 2 amide bonds. The zero-order valence-electron chi connectivity index (χ0n) is 23.2. The summed E-state index contributed by atoms with van der Waals surface area (Å²) in [5, 5.41) is 0.586. The van der Waals surface area contributed by atoms with Crippen molar-refractivity contribution in [3.63, 3.8) is 0 Å². The number of amides is 2. The fourth-order valence-corrected chi connectivity index (χ4v) is 7.38. The zero-order chi connectivity index (χ0) is 33.2. The fourth-order valence-electron chi connectivity index (χ4n) is 4.30. The SMILES string of the molecule is O=C(c1ccc(Cl)cc1)N(c1ccc(N(C(=O)c2ccc(Cl)cc2)S(=O)(=O)c2ccc(F)cc2)cc1)S(=O)(=O)c1ccc(F)cc1. The minimum atomic E-state index is -4.66. The molecule has 14 heteroatoms. The number of benzene rings is 5. The summed E-state index contributed by atoms with van der Waals surface area (Å²) < 4.78 is 83.4. The lowest BCUT2D eigenvalue weighted by Crippen LogP contribution is -2.38. The third kappa shape index (κ3) is 6.65. The molecule has 0 saturated carbocycles. The van der Waals surface area contributed by atoms with Crippen molar-refractivity contribution in [2.75, 3.05) is 8.61 Å². The van der Waals surface area contributed by atoms with Gasteiger partial charge in [0.25, 0.3) is 31.9 Å². The van der Waals surface area contributed by atoms with Crippen LogP contribution in [-0.2, 0) is 20.0 Å². The van der Waals surface area contributed by atoms with Gasteiger partial charge in [-0.3, -0.25) is 9.59 Å². The molecule has 5 aromatic carbocycles. The van der Waals surface area contributed by atoms with Crippen LogP contribution < -0.4 is 8.61 Å². The highest BCUT2D eigenvalue weighted by atomic mass is 35.5. The summed E-state index contributed by atoms with van der Waals surface area (Å²) in [6.07, 6.45) is 0. The Kier molecular flexibility index (Phi) is 9.27. The molecule has 0 unspecified atom stereocenters. The highest BCUT2D eigenvalue weighted by molar-refractivity contribution is 7.94. The molecule has 0 bridgehead atoms. The lowest BCUT2D eigenvalue weighted by Gasteiger charge is -2.25. The molecule has 0 aliphatic rings. The summed E-state index contributed by atoms with van der Waals surface area (Å²) in [5.74, 6) is -3.40. The van der Waals surface area contributed by atoms with Crippen molar-refractivity contribution in [3.05, 3.63) is 154 Å². The molecule has 8 nitrogen and oxygen atoms in total. The summed E-state index contributed by atoms with van der Waals surface area (Å²) in [4.78, 5) is 26.6. The maximum Gasteiger partial charge on any atom is 0.272 e.